The van der Waals surface area contributed by atoms with E-state index in [-0.39, 0.29) is 0 Å². The molecule has 8 heteroatoms. The fourth-order valence-electron chi connectivity index (χ4n) is 4.12. The van der Waals surface area contributed by atoms with Crippen molar-refractivity contribution >= 4 is 17.7 Å². The summed E-state index contributed by atoms with van der Waals surface area (Å²) >= 11 is 1.70. The molecule has 1 aromatic heterocycles. The average molecular weight is 445 g/mol. The molecule has 0 amide bonds. The van der Waals surface area contributed by atoms with Crippen molar-refractivity contribution in [3.05, 3.63) is 35.7 Å². The van der Waals surface area contributed by atoms with Gasteiger partial charge >= 0.3 is 0 Å². The van der Waals surface area contributed by atoms with Crippen molar-refractivity contribution in [1.29, 1.82) is 0 Å². The molecule has 0 saturated heterocycles. The third-order valence-corrected chi connectivity index (χ3v) is 6.35. The standard InChI is InChI=1S/C23H36N6OS/c1-5-24-22(28(2)17-18-12-14-20(30-3)15-13-18)25-16-8-11-21-26-27-23(31-4)29(21)19-9-6-7-10-19/h12-15,19H,5-11,16-17H2,1-4H3,(H,24,25). The predicted octanol–water partition coefficient (Wildman–Crippen LogP) is 4.15. The van der Waals surface area contributed by atoms with Crippen LogP contribution in [0.4, 0.5) is 0 Å². The first-order chi connectivity index (χ1) is 15.2. The molecule has 1 aromatic carbocycles. The van der Waals surface area contributed by atoms with Gasteiger partial charge in [-0.2, -0.15) is 0 Å². The van der Waals surface area contributed by atoms with E-state index < -0.39 is 0 Å². The van der Waals surface area contributed by atoms with Gasteiger partial charge in [-0.15, -0.1) is 10.2 Å². The Morgan fingerprint density at radius 3 is 2.65 bits per heavy atom. The number of methoxy groups -OCH3 is 1. The number of guanidine groups is 1. The Morgan fingerprint density at radius 2 is 2.00 bits per heavy atom. The third-order valence-electron chi connectivity index (χ3n) is 5.70. The van der Waals surface area contributed by atoms with Gasteiger partial charge in [0.05, 0.1) is 7.11 Å². The zero-order valence-electron chi connectivity index (χ0n) is 19.3. The molecular weight excluding hydrogens is 408 g/mol. The fraction of sp³-hybridized carbons (Fsp3) is 0.609. The van der Waals surface area contributed by atoms with E-state index in [1.165, 1.54) is 31.2 Å². The summed E-state index contributed by atoms with van der Waals surface area (Å²) in [5, 5.41) is 13.4. The van der Waals surface area contributed by atoms with Crippen LogP contribution in [0.5, 0.6) is 5.75 Å². The fourth-order valence-corrected chi connectivity index (χ4v) is 4.69. The van der Waals surface area contributed by atoms with Crippen molar-refractivity contribution in [3.8, 4) is 5.75 Å². The van der Waals surface area contributed by atoms with Gasteiger partial charge in [0, 0.05) is 39.1 Å². The van der Waals surface area contributed by atoms with Crippen LogP contribution in [0.2, 0.25) is 0 Å². The van der Waals surface area contributed by atoms with Crippen LogP contribution >= 0.6 is 11.8 Å². The van der Waals surface area contributed by atoms with E-state index >= 15 is 0 Å². The van der Waals surface area contributed by atoms with Crippen LogP contribution in [0.15, 0.2) is 34.4 Å². The molecule has 0 aliphatic heterocycles. The van der Waals surface area contributed by atoms with Crippen molar-refractivity contribution in [2.75, 3.05) is 33.5 Å². The van der Waals surface area contributed by atoms with E-state index in [0.717, 1.165) is 55.2 Å². The number of aryl methyl sites for hydroxylation is 1. The summed E-state index contributed by atoms with van der Waals surface area (Å²) in [5.74, 6) is 2.92. The van der Waals surface area contributed by atoms with Crippen molar-refractivity contribution in [1.82, 2.24) is 25.0 Å². The highest BCUT2D eigenvalue weighted by Gasteiger charge is 2.23. The maximum Gasteiger partial charge on any atom is 0.193 e. The van der Waals surface area contributed by atoms with Crippen LogP contribution in [-0.2, 0) is 13.0 Å². The lowest BCUT2D eigenvalue weighted by molar-refractivity contribution is 0.414. The Labute approximate surface area is 190 Å². The number of aliphatic imine (C=N–C) groups is 1. The van der Waals surface area contributed by atoms with E-state index in [0.29, 0.717) is 6.04 Å². The molecule has 2 aromatic rings. The van der Waals surface area contributed by atoms with E-state index in [1.54, 1.807) is 18.9 Å². The van der Waals surface area contributed by atoms with E-state index in [9.17, 15) is 0 Å². The number of ether oxygens (including phenoxy) is 1. The van der Waals surface area contributed by atoms with Gasteiger partial charge in [-0.05, 0) is 50.1 Å². The highest BCUT2D eigenvalue weighted by Crippen LogP contribution is 2.33. The summed E-state index contributed by atoms with van der Waals surface area (Å²) in [6.45, 7) is 4.51. The number of hydrogen-bond donors (Lipinski definition) is 1. The maximum absolute atomic E-state index is 5.25. The largest absolute Gasteiger partial charge is 0.497 e. The number of rotatable bonds is 10. The van der Waals surface area contributed by atoms with Crippen molar-refractivity contribution in [2.45, 2.75) is 63.2 Å². The van der Waals surface area contributed by atoms with Gasteiger partial charge in [-0.1, -0.05) is 36.7 Å². The number of benzene rings is 1. The van der Waals surface area contributed by atoms with Crippen LogP contribution in [0, 0.1) is 0 Å². The molecule has 31 heavy (non-hydrogen) atoms. The Balaban J connectivity index is 1.57. The molecule has 1 aliphatic rings. The minimum Gasteiger partial charge on any atom is -0.497 e. The molecule has 1 fully saturated rings. The van der Waals surface area contributed by atoms with Gasteiger partial charge in [0.25, 0.3) is 0 Å². The molecule has 0 atom stereocenters. The second-order valence-corrected chi connectivity index (χ2v) is 8.73. The van der Waals surface area contributed by atoms with Crippen LogP contribution in [0.3, 0.4) is 0 Å². The topological polar surface area (TPSA) is 67.6 Å². The van der Waals surface area contributed by atoms with Gasteiger partial charge in [0.15, 0.2) is 11.1 Å². The second-order valence-electron chi connectivity index (χ2n) is 7.95. The molecule has 1 aliphatic carbocycles. The lowest BCUT2D eigenvalue weighted by Gasteiger charge is -2.22. The first-order valence-corrected chi connectivity index (χ1v) is 12.5. The number of nitrogens with one attached hydrogen (secondary N) is 1. The van der Waals surface area contributed by atoms with E-state index in [2.05, 4.69) is 57.3 Å². The molecule has 3 rings (SSSR count). The number of nitrogens with zero attached hydrogens (tertiary/aromatic N) is 5. The summed E-state index contributed by atoms with van der Waals surface area (Å²) < 4.78 is 7.64. The van der Waals surface area contributed by atoms with Gasteiger partial charge in [-0.25, -0.2) is 0 Å². The SMILES string of the molecule is CCNC(=NCCCc1nnc(SC)n1C1CCCC1)N(C)Cc1ccc(OC)cc1. The van der Waals surface area contributed by atoms with Gasteiger partial charge < -0.3 is 19.5 Å². The molecule has 1 heterocycles. The highest BCUT2D eigenvalue weighted by atomic mass is 32.2. The molecule has 170 valence electrons. The summed E-state index contributed by atoms with van der Waals surface area (Å²) in [6.07, 6.45) is 9.08. The Hall–Kier alpha value is -2.22. The lowest BCUT2D eigenvalue weighted by Crippen LogP contribution is -2.38. The number of thioether (sulfide) groups is 1. The molecule has 0 bridgehead atoms. The highest BCUT2D eigenvalue weighted by molar-refractivity contribution is 7.98. The predicted molar refractivity (Wildman–Crippen MR) is 128 cm³/mol. The van der Waals surface area contributed by atoms with Crippen LogP contribution in [0.1, 0.15) is 56.5 Å². The molecule has 1 saturated carbocycles. The molecule has 1 N–H and O–H groups in total. The molecule has 0 radical (unpaired) electrons. The summed E-state index contributed by atoms with van der Waals surface area (Å²) in [5.41, 5.74) is 1.23. The Bertz CT molecular complexity index is 829. The number of hydrogen-bond acceptors (Lipinski definition) is 5. The molecule has 0 unspecified atom stereocenters. The third kappa shape index (κ3) is 6.38. The van der Waals surface area contributed by atoms with Crippen molar-refractivity contribution in [2.24, 2.45) is 4.99 Å². The van der Waals surface area contributed by atoms with Gasteiger partial charge in [0.2, 0.25) is 0 Å². The molecule has 7 nitrogen and oxygen atoms in total. The summed E-state index contributed by atoms with van der Waals surface area (Å²) in [6, 6.07) is 8.76. The Kier molecular flexibility index (Phi) is 9.06. The quantitative estimate of drug-likeness (QED) is 0.257. The summed E-state index contributed by atoms with van der Waals surface area (Å²) in [4.78, 5) is 7.02. The van der Waals surface area contributed by atoms with Gasteiger partial charge in [0.1, 0.15) is 11.6 Å². The Morgan fingerprint density at radius 1 is 1.26 bits per heavy atom. The summed E-state index contributed by atoms with van der Waals surface area (Å²) in [7, 11) is 3.77. The zero-order valence-corrected chi connectivity index (χ0v) is 20.1. The monoisotopic (exact) mass is 444 g/mol. The smallest absolute Gasteiger partial charge is 0.193 e. The first kappa shape index (κ1) is 23.4. The van der Waals surface area contributed by atoms with Gasteiger partial charge in [-0.3, -0.25) is 4.99 Å². The maximum atomic E-state index is 5.25. The van der Waals surface area contributed by atoms with Crippen molar-refractivity contribution < 1.29 is 4.74 Å². The first-order valence-electron chi connectivity index (χ1n) is 11.3. The average Bonchev–Trinajstić information content (AvgIpc) is 3.45. The number of aromatic nitrogens is 3. The van der Waals surface area contributed by atoms with E-state index in [1.807, 2.05) is 12.1 Å². The van der Waals surface area contributed by atoms with Crippen LogP contribution in [-0.4, -0.2) is 59.1 Å². The van der Waals surface area contributed by atoms with Crippen LogP contribution in [0.25, 0.3) is 0 Å². The molecule has 0 spiro atoms. The lowest BCUT2D eigenvalue weighted by atomic mass is 10.2. The van der Waals surface area contributed by atoms with Crippen LogP contribution < -0.4 is 10.1 Å². The molecular formula is C23H36N6OS. The minimum absolute atomic E-state index is 0.573. The second kappa shape index (κ2) is 12.0. The van der Waals surface area contributed by atoms with Crippen molar-refractivity contribution in [3.63, 3.8) is 0 Å². The minimum atomic E-state index is 0.573. The normalized spacial score (nSPS) is 14.8. The van der Waals surface area contributed by atoms with E-state index in [4.69, 9.17) is 9.73 Å². The zero-order chi connectivity index (χ0) is 22.1.